The molecular formula is C9H13N3O2. The molecule has 1 atom stereocenters. The summed E-state index contributed by atoms with van der Waals surface area (Å²) in [4.78, 5) is 14.5. The number of carboxylic acids is 1. The predicted molar refractivity (Wildman–Crippen MR) is 52.6 cm³/mol. The van der Waals surface area contributed by atoms with Crippen molar-refractivity contribution in [3.63, 3.8) is 0 Å². The van der Waals surface area contributed by atoms with Crippen LogP contribution in [0.4, 0.5) is 5.82 Å². The minimum atomic E-state index is -1.27. The van der Waals surface area contributed by atoms with Gasteiger partial charge in [0.1, 0.15) is 11.4 Å². The maximum absolute atomic E-state index is 10.7. The molecule has 1 aromatic heterocycles. The van der Waals surface area contributed by atoms with Crippen LogP contribution in [0.25, 0.3) is 0 Å². The first-order chi connectivity index (χ1) is 6.42. The van der Waals surface area contributed by atoms with E-state index in [0.29, 0.717) is 5.82 Å². The van der Waals surface area contributed by atoms with E-state index < -0.39 is 11.5 Å². The molecule has 0 bridgehead atoms. The van der Waals surface area contributed by atoms with Crippen molar-refractivity contribution >= 4 is 11.8 Å². The van der Waals surface area contributed by atoms with E-state index in [4.69, 9.17) is 16.6 Å². The maximum Gasteiger partial charge on any atom is 0.323 e. The average molecular weight is 195 g/mol. The van der Waals surface area contributed by atoms with Crippen LogP contribution in [0.1, 0.15) is 12.5 Å². The Kier molecular flexibility index (Phi) is 2.71. The Hall–Kier alpha value is -1.62. The number of nitrogen functional groups attached to an aromatic ring is 1. The van der Waals surface area contributed by atoms with Crippen LogP contribution in [-0.4, -0.2) is 21.6 Å². The van der Waals surface area contributed by atoms with Crippen molar-refractivity contribution in [3.8, 4) is 0 Å². The van der Waals surface area contributed by atoms with E-state index in [1.807, 2.05) is 0 Å². The Morgan fingerprint density at radius 2 is 2.36 bits per heavy atom. The monoisotopic (exact) mass is 195 g/mol. The van der Waals surface area contributed by atoms with Gasteiger partial charge in [0, 0.05) is 12.6 Å². The van der Waals surface area contributed by atoms with Crippen LogP contribution >= 0.6 is 0 Å². The summed E-state index contributed by atoms with van der Waals surface area (Å²) in [6.07, 6.45) is 1.76. The van der Waals surface area contributed by atoms with Gasteiger partial charge in [-0.2, -0.15) is 0 Å². The number of pyridine rings is 1. The van der Waals surface area contributed by atoms with Crippen molar-refractivity contribution in [2.24, 2.45) is 5.73 Å². The lowest BCUT2D eigenvalue weighted by Crippen LogP contribution is -2.46. The number of rotatable bonds is 3. The summed E-state index contributed by atoms with van der Waals surface area (Å²) < 4.78 is 0. The van der Waals surface area contributed by atoms with Crippen molar-refractivity contribution < 1.29 is 9.90 Å². The summed E-state index contributed by atoms with van der Waals surface area (Å²) in [6.45, 7) is 1.46. The Morgan fingerprint density at radius 3 is 2.86 bits per heavy atom. The molecule has 0 radical (unpaired) electrons. The van der Waals surface area contributed by atoms with Gasteiger partial charge < -0.3 is 16.6 Å². The van der Waals surface area contributed by atoms with E-state index in [1.165, 1.54) is 13.1 Å². The number of anilines is 1. The van der Waals surface area contributed by atoms with Crippen molar-refractivity contribution in [3.05, 3.63) is 23.9 Å². The lowest BCUT2D eigenvalue weighted by molar-refractivity contribution is -0.142. The molecule has 5 nitrogen and oxygen atoms in total. The van der Waals surface area contributed by atoms with Gasteiger partial charge in [0.15, 0.2) is 0 Å². The Balaban J connectivity index is 2.83. The zero-order valence-corrected chi connectivity index (χ0v) is 7.90. The molecule has 0 unspecified atom stereocenters. The number of nitrogens with two attached hydrogens (primary N) is 2. The molecule has 5 heteroatoms. The maximum atomic E-state index is 10.7. The zero-order chi connectivity index (χ0) is 10.8. The van der Waals surface area contributed by atoms with Gasteiger partial charge in [-0.15, -0.1) is 0 Å². The molecule has 5 N–H and O–H groups in total. The molecular weight excluding hydrogens is 182 g/mol. The fourth-order valence-corrected chi connectivity index (χ4v) is 1.10. The van der Waals surface area contributed by atoms with E-state index in [-0.39, 0.29) is 6.42 Å². The van der Waals surface area contributed by atoms with Crippen LogP contribution in [0.5, 0.6) is 0 Å². The highest BCUT2D eigenvalue weighted by Crippen LogP contribution is 2.12. The molecule has 76 valence electrons. The van der Waals surface area contributed by atoms with Crippen LogP contribution in [0, 0.1) is 0 Å². The van der Waals surface area contributed by atoms with Crippen LogP contribution in [-0.2, 0) is 11.2 Å². The fraction of sp³-hybridized carbons (Fsp3) is 0.333. The SMILES string of the molecule is C[C@](N)(Cc1ccnc(N)c1)C(=O)O. The highest BCUT2D eigenvalue weighted by molar-refractivity contribution is 5.78. The summed E-state index contributed by atoms with van der Waals surface area (Å²) >= 11 is 0. The summed E-state index contributed by atoms with van der Waals surface area (Å²) in [6, 6.07) is 3.32. The molecule has 0 aromatic carbocycles. The molecule has 0 saturated carbocycles. The second-order valence-corrected chi connectivity index (χ2v) is 3.49. The number of carbonyl (C=O) groups is 1. The first-order valence-electron chi connectivity index (χ1n) is 4.14. The van der Waals surface area contributed by atoms with E-state index in [2.05, 4.69) is 4.98 Å². The van der Waals surface area contributed by atoms with Gasteiger partial charge in [0.05, 0.1) is 0 Å². The van der Waals surface area contributed by atoms with Gasteiger partial charge in [-0.3, -0.25) is 4.79 Å². The van der Waals surface area contributed by atoms with Crippen LogP contribution in [0.3, 0.4) is 0 Å². The van der Waals surface area contributed by atoms with Crippen molar-refractivity contribution in [1.29, 1.82) is 0 Å². The highest BCUT2D eigenvalue weighted by Gasteiger charge is 2.27. The van der Waals surface area contributed by atoms with Crippen molar-refractivity contribution in [2.75, 3.05) is 5.73 Å². The molecule has 0 aliphatic heterocycles. The first kappa shape index (κ1) is 10.5. The van der Waals surface area contributed by atoms with E-state index in [0.717, 1.165) is 5.56 Å². The van der Waals surface area contributed by atoms with Crippen LogP contribution < -0.4 is 11.5 Å². The largest absolute Gasteiger partial charge is 0.480 e. The lowest BCUT2D eigenvalue weighted by atomic mass is 9.95. The minimum absolute atomic E-state index is 0.231. The zero-order valence-electron chi connectivity index (χ0n) is 7.90. The molecule has 0 saturated heterocycles. The third kappa shape index (κ3) is 2.43. The lowest BCUT2D eigenvalue weighted by Gasteiger charge is -2.18. The van der Waals surface area contributed by atoms with E-state index >= 15 is 0 Å². The number of aliphatic carboxylic acids is 1. The summed E-state index contributed by atoms with van der Waals surface area (Å²) in [7, 11) is 0. The van der Waals surface area contributed by atoms with Crippen molar-refractivity contribution in [1.82, 2.24) is 4.98 Å². The molecule has 1 rings (SSSR count). The van der Waals surface area contributed by atoms with Gasteiger partial charge in [-0.05, 0) is 24.6 Å². The third-order valence-electron chi connectivity index (χ3n) is 1.91. The highest BCUT2D eigenvalue weighted by atomic mass is 16.4. The summed E-state index contributed by atoms with van der Waals surface area (Å²) in [5.41, 5.74) is 10.5. The molecule has 0 aliphatic carbocycles. The van der Waals surface area contributed by atoms with E-state index in [9.17, 15) is 4.79 Å². The van der Waals surface area contributed by atoms with Crippen LogP contribution in [0.15, 0.2) is 18.3 Å². The van der Waals surface area contributed by atoms with Crippen molar-refractivity contribution in [2.45, 2.75) is 18.9 Å². The van der Waals surface area contributed by atoms with Gasteiger partial charge in [0.2, 0.25) is 0 Å². The number of nitrogens with zero attached hydrogens (tertiary/aromatic N) is 1. The number of hydrogen-bond acceptors (Lipinski definition) is 4. The molecule has 0 aliphatic rings. The van der Waals surface area contributed by atoms with Gasteiger partial charge in [-0.25, -0.2) is 4.98 Å². The predicted octanol–water partition coefficient (Wildman–Crippen LogP) is 0.00830. The number of carboxylic acid groups (broad SMARTS) is 1. The molecule has 1 heterocycles. The molecule has 0 amide bonds. The molecule has 0 fully saturated rings. The minimum Gasteiger partial charge on any atom is -0.480 e. The number of aromatic nitrogens is 1. The molecule has 0 spiro atoms. The van der Waals surface area contributed by atoms with E-state index in [1.54, 1.807) is 12.1 Å². The topological polar surface area (TPSA) is 102 Å². The smallest absolute Gasteiger partial charge is 0.323 e. The summed E-state index contributed by atoms with van der Waals surface area (Å²) in [5, 5.41) is 8.80. The summed E-state index contributed by atoms with van der Waals surface area (Å²) in [5.74, 6) is -0.670. The molecule has 1 aromatic rings. The standard InChI is InChI=1S/C9H13N3O2/c1-9(11,8(13)14)5-6-2-3-12-7(10)4-6/h2-4H,5,11H2,1H3,(H2,10,12)(H,13,14)/t9-/m0/s1. The van der Waals surface area contributed by atoms with Gasteiger partial charge >= 0.3 is 5.97 Å². The average Bonchev–Trinajstić information content (AvgIpc) is 2.02. The second-order valence-electron chi connectivity index (χ2n) is 3.49. The fourth-order valence-electron chi connectivity index (χ4n) is 1.10. The second kappa shape index (κ2) is 3.63. The van der Waals surface area contributed by atoms with Crippen LogP contribution in [0.2, 0.25) is 0 Å². The number of hydrogen-bond donors (Lipinski definition) is 3. The Morgan fingerprint density at radius 1 is 1.71 bits per heavy atom. The first-order valence-corrected chi connectivity index (χ1v) is 4.14. The normalized spacial score (nSPS) is 14.7. The Labute approximate surface area is 81.7 Å². The van der Waals surface area contributed by atoms with Gasteiger partial charge in [0.25, 0.3) is 0 Å². The quantitative estimate of drug-likeness (QED) is 0.630. The molecule has 14 heavy (non-hydrogen) atoms. The third-order valence-corrected chi connectivity index (χ3v) is 1.91. The van der Waals surface area contributed by atoms with Gasteiger partial charge in [-0.1, -0.05) is 0 Å². The Bertz CT molecular complexity index is 350.